The zero-order chi connectivity index (χ0) is 13.5. The summed E-state index contributed by atoms with van der Waals surface area (Å²) in [5.74, 6) is 0.731. The molecule has 0 aliphatic carbocycles. The van der Waals surface area contributed by atoms with Gasteiger partial charge in [0.05, 0.1) is 10.8 Å². The fourth-order valence-corrected chi connectivity index (χ4v) is 3.18. The van der Waals surface area contributed by atoms with Crippen molar-refractivity contribution in [3.63, 3.8) is 0 Å². The van der Waals surface area contributed by atoms with E-state index in [0.717, 1.165) is 42.0 Å². The highest BCUT2D eigenvalue weighted by atomic mass is 32.2. The number of hydrogen-bond donors (Lipinski definition) is 1. The van der Waals surface area contributed by atoms with Crippen LogP contribution in [0.2, 0.25) is 0 Å². The molecule has 0 amide bonds. The monoisotopic (exact) mass is 275 g/mol. The molecule has 2 rings (SSSR count). The molecule has 0 aromatic heterocycles. The van der Waals surface area contributed by atoms with Gasteiger partial charge in [0.25, 0.3) is 0 Å². The van der Waals surface area contributed by atoms with Crippen LogP contribution in [0.1, 0.15) is 19.8 Å². The molecule has 3 heteroatoms. The molecule has 0 aliphatic heterocycles. The Hall–Kier alpha value is -1.19. The third kappa shape index (κ3) is 4.15. The van der Waals surface area contributed by atoms with Crippen molar-refractivity contribution in [1.29, 1.82) is 0 Å². The van der Waals surface area contributed by atoms with Crippen molar-refractivity contribution in [2.24, 2.45) is 0 Å². The van der Waals surface area contributed by atoms with E-state index in [9.17, 15) is 4.21 Å². The average molecular weight is 275 g/mol. The van der Waals surface area contributed by atoms with E-state index in [4.69, 9.17) is 0 Å². The van der Waals surface area contributed by atoms with Crippen LogP contribution in [0.5, 0.6) is 0 Å². The summed E-state index contributed by atoms with van der Waals surface area (Å²) in [5, 5.41) is 5.70. The second kappa shape index (κ2) is 7.41. The number of nitrogens with one attached hydrogen (secondary N) is 1. The van der Waals surface area contributed by atoms with Gasteiger partial charge < -0.3 is 5.32 Å². The standard InChI is InChI=1S/C16H21NOS/c1-2-10-17-11-5-12-19(18)16-9-8-14-6-3-4-7-15(14)13-16/h3-4,6-9,13,17H,2,5,10-12H2,1H3. The van der Waals surface area contributed by atoms with Crippen molar-refractivity contribution in [1.82, 2.24) is 5.32 Å². The molecular weight excluding hydrogens is 254 g/mol. The number of hydrogen-bond acceptors (Lipinski definition) is 2. The molecule has 2 aromatic rings. The van der Waals surface area contributed by atoms with E-state index in [1.807, 2.05) is 24.3 Å². The molecule has 1 unspecified atom stereocenters. The Labute approximate surface area is 117 Å². The smallest absolute Gasteiger partial charge is 0.0530 e. The lowest BCUT2D eigenvalue weighted by atomic mass is 10.1. The molecule has 0 heterocycles. The minimum absolute atomic E-state index is 0.731. The first-order valence-electron chi connectivity index (χ1n) is 6.89. The molecule has 0 bridgehead atoms. The van der Waals surface area contributed by atoms with E-state index in [1.54, 1.807) is 0 Å². The minimum atomic E-state index is -0.885. The van der Waals surface area contributed by atoms with Gasteiger partial charge in [-0.15, -0.1) is 0 Å². The maximum Gasteiger partial charge on any atom is 0.0530 e. The van der Waals surface area contributed by atoms with Gasteiger partial charge in [-0.2, -0.15) is 0 Å². The quantitative estimate of drug-likeness (QED) is 0.785. The third-order valence-corrected chi connectivity index (χ3v) is 4.53. The van der Waals surface area contributed by atoms with Gasteiger partial charge in [0.15, 0.2) is 0 Å². The summed E-state index contributed by atoms with van der Waals surface area (Å²) in [6.07, 6.45) is 2.10. The first-order chi connectivity index (χ1) is 9.31. The van der Waals surface area contributed by atoms with Gasteiger partial charge in [0.2, 0.25) is 0 Å². The third-order valence-electron chi connectivity index (χ3n) is 3.09. The van der Waals surface area contributed by atoms with E-state index in [0.29, 0.717) is 0 Å². The van der Waals surface area contributed by atoms with Crippen LogP contribution in [0.3, 0.4) is 0 Å². The molecule has 0 radical (unpaired) electrons. The summed E-state index contributed by atoms with van der Waals surface area (Å²) in [4.78, 5) is 0.939. The molecule has 0 fully saturated rings. The second-order valence-electron chi connectivity index (χ2n) is 4.66. The van der Waals surface area contributed by atoms with Crippen LogP contribution in [-0.2, 0) is 10.8 Å². The normalized spacial score (nSPS) is 12.7. The van der Waals surface area contributed by atoms with Gasteiger partial charge >= 0.3 is 0 Å². The predicted octanol–water partition coefficient (Wildman–Crippen LogP) is 3.34. The number of fused-ring (bicyclic) bond motifs is 1. The van der Waals surface area contributed by atoms with Crippen molar-refractivity contribution in [2.75, 3.05) is 18.8 Å². The van der Waals surface area contributed by atoms with Crippen LogP contribution in [0.4, 0.5) is 0 Å². The Kier molecular flexibility index (Phi) is 5.55. The Morgan fingerprint density at radius 2 is 1.84 bits per heavy atom. The molecule has 2 aromatic carbocycles. The lowest BCUT2D eigenvalue weighted by Gasteiger charge is -2.05. The highest BCUT2D eigenvalue weighted by Crippen LogP contribution is 2.18. The number of benzene rings is 2. The highest BCUT2D eigenvalue weighted by molar-refractivity contribution is 7.85. The molecule has 2 nitrogen and oxygen atoms in total. The zero-order valence-electron chi connectivity index (χ0n) is 11.4. The summed E-state index contributed by atoms with van der Waals surface area (Å²) in [5.41, 5.74) is 0. The summed E-state index contributed by atoms with van der Waals surface area (Å²) in [6.45, 7) is 4.15. The molecule has 0 saturated carbocycles. The molecule has 0 aliphatic rings. The van der Waals surface area contributed by atoms with Gasteiger partial charge in [0, 0.05) is 10.6 Å². The van der Waals surface area contributed by atoms with Crippen molar-refractivity contribution >= 4 is 21.6 Å². The maximum absolute atomic E-state index is 12.2. The van der Waals surface area contributed by atoms with Gasteiger partial charge in [-0.3, -0.25) is 4.21 Å². The molecule has 1 atom stereocenters. The van der Waals surface area contributed by atoms with E-state index >= 15 is 0 Å². The van der Waals surface area contributed by atoms with Crippen molar-refractivity contribution < 1.29 is 4.21 Å². The molecule has 1 N–H and O–H groups in total. The van der Waals surface area contributed by atoms with Crippen LogP contribution in [0, 0.1) is 0 Å². The van der Waals surface area contributed by atoms with Crippen molar-refractivity contribution in [3.8, 4) is 0 Å². The van der Waals surface area contributed by atoms with Crippen LogP contribution in [0.15, 0.2) is 47.4 Å². The molecule has 0 saturated heterocycles. The van der Waals surface area contributed by atoms with Gasteiger partial charge in [-0.05, 0) is 48.8 Å². The van der Waals surface area contributed by atoms with Crippen LogP contribution < -0.4 is 5.32 Å². The SMILES string of the molecule is CCCNCCCS(=O)c1ccc2ccccc2c1. The van der Waals surface area contributed by atoms with E-state index < -0.39 is 10.8 Å². The summed E-state index contributed by atoms with van der Waals surface area (Å²) >= 11 is 0. The fourth-order valence-electron chi connectivity index (χ4n) is 2.06. The first-order valence-corrected chi connectivity index (χ1v) is 8.21. The van der Waals surface area contributed by atoms with Crippen molar-refractivity contribution in [2.45, 2.75) is 24.7 Å². The average Bonchev–Trinajstić information content (AvgIpc) is 2.46. The Morgan fingerprint density at radius 1 is 1.05 bits per heavy atom. The summed E-state index contributed by atoms with van der Waals surface area (Å²) in [6, 6.07) is 14.3. The summed E-state index contributed by atoms with van der Waals surface area (Å²) < 4.78 is 12.2. The molecule has 0 spiro atoms. The van der Waals surface area contributed by atoms with Crippen LogP contribution in [-0.4, -0.2) is 23.1 Å². The Bertz CT molecular complexity index is 553. The van der Waals surface area contributed by atoms with Gasteiger partial charge in [-0.1, -0.05) is 37.3 Å². The van der Waals surface area contributed by atoms with E-state index in [1.165, 1.54) is 5.39 Å². The molecule has 102 valence electrons. The summed E-state index contributed by atoms with van der Waals surface area (Å²) in [7, 11) is -0.885. The number of rotatable bonds is 7. The van der Waals surface area contributed by atoms with Gasteiger partial charge in [-0.25, -0.2) is 0 Å². The largest absolute Gasteiger partial charge is 0.317 e. The second-order valence-corrected chi connectivity index (χ2v) is 6.23. The highest BCUT2D eigenvalue weighted by Gasteiger charge is 2.04. The van der Waals surface area contributed by atoms with Crippen molar-refractivity contribution in [3.05, 3.63) is 42.5 Å². The minimum Gasteiger partial charge on any atom is -0.317 e. The van der Waals surface area contributed by atoms with Crippen LogP contribution >= 0.6 is 0 Å². The Morgan fingerprint density at radius 3 is 2.63 bits per heavy atom. The molecular formula is C16H21NOS. The predicted molar refractivity (Wildman–Crippen MR) is 83.0 cm³/mol. The lowest BCUT2D eigenvalue weighted by molar-refractivity contribution is 0.652. The first kappa shape index (κ1) is 14.2. The zero-order valence-corrected chi connectivity index (χ0v) is 12.2. The topological polar surface area (TPSA) is 29.1 Å². The van der Waals surface area contributed by atoms with Crippen LogP contribution in [0.25, 0.3) is 10.8 Å². The van der Waals surface area contributed by atoms with E-state index in [-0.39, 0.29) is 0 Å². The fraction of sp³-hybridized carbons (Fsp3) is 0.375. The lowest BCUT2D eigenvalue weighted by Crippen LogP contribution is -2.17. The van der Waals surface area contributed by atoms with E-state index in [2.05, 4.69) is 30.4 Å². The van der Waals surface area contributed by atoms with Gasteiger partial charge in [0.1, 0.15) is 0 Å². The molecule has 19 heavy (non-hydrogen) atoms. The Balaban J connectivity index is 1.93. The maximum atomic E-state index is 12.2.